The van der Waals surface area contributed by atoms with E-state index in [2.05, 4.69) is 24.4 Å². The van der Waals surface area contributed by atoms with E-state index in [4.69, 9.17) is 5.73 Å². The van der Waals surface area contributed by atoms with Crippen LogP contribution >= 0.6 is 0 Å². The molecule has 0 saturated heterocycles. The van der Waals surface area contributed by atoms with Gasteiger partial charge in [-0.05, 0) is 58.2 Å². The molecule has 2 heteroatoms. The van der Waals surface area contributed by atoms with E-state index in [9.17, 15) is 0 Å². The summed E-state index contributed by atoms with van der Waals surface area (Å²) < 4.78 is 0. The maximum atomic E-state index is 5.46. The van der Waals surface area contributed by atoms with Gasteiger partial charge in [0.1, 0.15) is 0 Å². The first-order valence-electron chi connectivity index (χ1n) is 10.5. The number of rotatable bonds is 19. The summed E-state index contributed by atoms with van der Waals surface area (Å²) in [5.74, 6) is 0. The molecule has 0 unspecified atom stereocenters. The predicted molar refractivity (Wildman–Crippen MR) is 106 cm³/mol. The fourth-order valence-corrected chi connectivity index (χ4v) is 2.85. The molecule has 2 nitrogen and oxygen atoms in total. The van der Waals surface area contributed by atoms with Crippen LogP contribution in [0.1, 0.15) is 103 Å². The number of hydrogen-bond donors (Lipinski definition) is 2. The van der Waals surface area contributed by atoms with Crippen molar-refractivity contribution < 1.29 is 0 Å². The van der Waals surface area contributed by atoms with E-state index >= 15 is 0 Å². The lowest BCUT2D eigenvalue weighted by atomic mass is 10.1. The maximum Gasteiger partial charge on any atom is -0.00369 e. The summed E-state index contributed by atoms with van der Waals surface area (Å²) in [5.41, 5.74) is 5.46. The lowest BCUT2D eigenvalue weighted by Crippen LogP contribution is -2.19. The molecule has 0 amide bonds. The minimum Gasteiger partial charge on any atom is -0.330 e. The van der Waals surface area contributed by atoms with Gasteiger partial charge in [0.15, 0.2) is 0 Å². The number of nitrogens with one attached hydrogen (secondary N) is 1. The van der Waals surface area contributed by atoms with E-state index < -0.39 is 0 Å². The number of unbranched alkanes of at least 4 members (excludes halogenated alkanes) is 12. The predicted octanol–water partition coefficient (Wildman–Crippen LogP) is 5.96. The summed E-state index contributed by atoms with van der Waals surface area (Å²) in [6.45, 7) is 5.34. The van der Waals surface area contributed by atoms with Gasteiger partial charge in [0.05, 0.1) is 0 Å². The molecule has 0 aromatic rings. The molecular weight excluding hydrogens is 280 g/mol. The first kappa shape index (κ1) is 22.7. The van der Waals surface area contributed by atoms with Crippen LogP contribution in [0.4, 0.5) is 0 Å². The van der Waals surface area contributed by atoms with Crippen molar-refractivity contribution >= 4 is 0 Å². The lowest BCUT2D eigenvalue weighted by Gasteiger charge is -2.03. The Bertz CT molecular complexity index is 226. The van der Waals surface area contributed by atoms with Gasteiger partial charge in [-0.3, -0.25) is 0 Å². The molecule has 0 aliphatic carbocycles. The monoisotopic (exact) mass is 324 g/mol. The van der Waals surface area contributed by atoms with Gasteiger partial charge in [-0.1, -0.05) is 76.9 Å². The minimum atomic E-state index is 0.806. The van der Waals surface area contributed by atoms with Gasteiger partial charge in [0.2, 0.25) is 0 Å². The number of hydrogen-bond acceptors (Lipinski definition) is 2. The molecule has 0 aromatic carbocycles. The second-order valence-corrected chi connectivity index (χ2v) is 6.83. The van der Waals surface area contributed by atoms with Gasteiger partial charge in [0, 0.05) is 0 Å². The summed E-state index contributed by atoms with van der Waals surface area (Å²) in [4.78, 5) is 0. The van der Waals surface area contributed by atoms with Crippen molar-refractivity contribution in [2.24, 2.45) is 5.73 Å². The summed E-state index contributed by atoms with van der Waals surface area (Å²) in [6, 6.07) is 0. The molecule has 0 atom stereocenters. The molecule has 0 spiro atoms. The molecule has 3 N–H and O–H groups in total. The van der Waals surface area contributed by atoms with Crippen LogP contribution in [-0.2, 0) is 0 Å². The second kappa shape index (κ2) is 21.7. The Morgan fingerprint density at radius 1 is 0.609 bits per heavy atom. The van der Waals surface area contributed by atoms with Gasteiger partial charge in [-0.25, -0.2) is 0 Å². The Labute approximate surface area is 146 Å². The minimum absolute atomic E-state index is 0.806. The third-order valence-electron chi connectivity index (χ3n) is 4.42. The molecule has 0 radical (unpaired) electrons. The molecule has 23 heavy (non-hydrogen) atoms. The fraction of sp³-hybridized carbons (Fsp3) is 0.905. The van der Waals surface area contributed by atoms with Crippen molar-refractivity contribution in [1.82, 2.24) is 5.32 Å². The summed E-state index contributed by atoms with van der Waals surface area (Å²) in [6.07, 6.45) is 25.3. The molecule has 0 rings (SSSR count). The summed E-state index contributed by atoms with van der Waals surface area (Å²) in [7, 11) is 0. The average Bonchev–Trinajstić information content (AvgIpc) is 2.57. The Kier molecular flexibility index (Phi) is 21.3. The Morgan fingerprint density at radius 2 is 1.09 bits per heavy atom. The average molecular weight is 325 g/mol. The Morgan fingerprint density at radius 3 is 1.65 bits per heavy atom. The summed E-state index contributed by atoms with van der Waals surface area (Å²) in [5, 5.41) is 3.45. The fourth-order valence-electron chi connectivity index (χ4n) is 2.85. The van der Waals surface area contributed by atoms with Crippen LogP contribution in [0.5, 0.6) is 0 Å². The molecule has 0 bridgehead atoms. The quantitative estimate of drug-likeness (QED) is 0.227. The van der Waals surface area contributed by atoms with Gasteiger partial charge < -0.3 is 11.1 Å². The highest BCUT2D eigenvalue weighted by Crippen LogP contribution is 2.09. The van der Waals surface area contributed by atoms with Gasteiger partial charge in [-0.15, -0.1) is 0 Å². The van der Waals surface area contributed by atoms with Gasteiger partial charge in [0.25, 0.3) is 0 Å². The molecule has 138 valence electrons. The van der Waals surface area contributed by atoms with Crippen molar-refractivity contribution in [3.63, 3.8) is 0 Å². The number of nitrogens with two attached hydrogens (primary N) is 1. The molecule has 0 fully saturated rings. The first-order valence-corrected chi connectivity index (χ1v) is 10.5. The normalized spacial score (nSPS) is 11.6. The van der Waals surface area contributed by atoms with Crippen LogP contribution < -0.4 is 11.1 Å². The van der Waals surface area contributed by atoms with Crippen LogP contribution in [0.25, 0.3) is 0 Å². The molecular formula is C21H44N2. The standard InChI is InChI=1S/C21H44N2/c1-2-3-4-5-6-7-8-9-10-11-12-13-14-15-16-17-20-23-21-18-19-22/h9-10,23H,2-8,11-22H2,1H3/b10-9+. The highest BCUT2D eigenvalue weighted by Gasteiger charge is 1.92. The van der Waals surface area contributed by atoms with E-state index in [0.717, 1.165) is 19.5 Å². The smallest absolute Gasteiger partial charge is 0.00369 e. The zero-order valence-corrected chi connectivity index (χ0v) is 16.0. The van der Waals surface area contributed by atoms with Crippen LogP contribution in [0.3, 0.4) is 0 Å². The second-order valence-electron chi connectivity index (χ2n) is 6.83. The SMILES string of the molecule is CCCCCCCC/C=C/CCCCCCCCNCCCN. The van der Waals surface area contributed by atoms with Crippen molar-refractivity contribution in [2.75, 3.05) is 19.6 Å². The van der Waals surface area contributed by atoms with E-state index in [1.165, 1.54) is 96.4 Å². The van der Waals surface area contributed by atoms with E-state index in [0.29, 0.717) is 0 Å². The molecule has 0 heterocycles. The zero-order chi connectivity index (χ0) is 16.8. The van der Waals surface area contributed by atoms with E-state index in [-0.39, 0.29) is 0 Å². The van der Waals surface area contributed by atoms with Crippen LogP contribution in [-0.4, -0.2) is 19.6 Å². The topological polar surface area (TPSA) is 38.0 Å². The van der Waals surface area contributed by atoms with Gasteiger partial charge in [-0.2, -0.15) is 0 Å². The number of allylic oxidation sites excluding steroid dienone is 2. The maximum absolute atomic E-state index is 5.46. The van der Waals surface area contributed by atoms with Gasteiger partial charge >= 0.3 is 0 Å². The highest BCUT2D eigenvalue weighted by molar-refractivity contribution is 4.81. The molecule has 0 aliphatic rings. The van der Waals surface area contributed by atoms with E-state index in [1.807, 2.05) is 0 Å². The van der Waals surface area contributed by atoms with Crippen molar-refractivity contribution in [1.29, 1.82) is 0 Å². The largest absolute Gasteiger partial charge is 0.330 e. The first-order chi connectivity index (χ1) is 11.4. The van der Waals surface area contributed by atoms with E-state index in [1.54, 1.807) is 0 Å². The lowest BCUT2D eigenvalue weighted by molar-refractivity contribution is 0.562. The molecule has 0 aliphatic heterocycles. The van der Waals surface area contributed by atoms with Crippen molar-refractivity contribution in [3.05, 3.63) is 12.2 Å². The van der Waals surface area contributed by atoms with Crippen LogP contribution in [0, 0.1) is 0 Å². The van der Waals surface area contributed by atoms with Crippen molar-refractivity contribution in [3.8, 4) is 0 Å². The molecule has 0 saturated carbocycles. The summed E-state index contributed by atoms with van der Waals surface area (Å²) >= 11 is 0. The Hall–Kier alpha value is -0.340. The van der Waals surface area contributed by atoms with Crippen LogP contribution in [0.15, 0.2) is 12.2 Å². The zero-order valence-electron chi connectivity index (χ0n) is 16.0. The van der Waals surface area contributed by atoms with Crippen molar-refractivity contribution in [2.45, 2.75) is 103 Å². The Balaban J connectivity index is 3.02. The van der Waals surface area contributed by atoms with Crippen LogP contribution in [0.2, 0.25) is 0 Å². The molecule has 0 aromatic heterocycles. The third-order valence-corrected chi connectivity index (χ3v) is 4.42. The third kappa shape index (κ3) is 21.7. The highest BCUT2D eigenvalue weighted by atomic mass is 14.8.